The molecule has 0 radical (unpaired) electrons. The highest BCUT2D eigenvalue weighted by atomic mass is 16.6. The van der Waals surface area contributed by atoms with Gasteiger partial charge in [0.15, 0.2) is 0 Å². The summed E-state index contributed by atoms with van der Waals surface area (Å²) in [4.78, 5) is 11.6. The zero-order chi connectivity index (χ0) is 11.0. The van der Waals surface area contributed by atoms with E-state index in [0.717, 1.165) is 18.8 Å². The van der Waals surface area contributed by atoms with Gasteiger partial charge in [0.1, 0.15) is 6.10 Å². The number of hydrogen-bond donors (Lipinski definition) is 0. The molecule has 2 atom stereocenters. The van der Waals surface area contributed by atoms with Crippen molar-refractivity contribution in [2.45, 2.75) is 57.5 Å². The first-order valence-corrected chi connectivity index (χ1v) is 6.67. The van der Waals surface area contributed by atoms with E-state index in [-0.39, 0.29) is 17.5 Å². The summed E-state index contributed by atoms with van der Waals surface area (Å²) in [6.45, 7) is 0. The topological polar surface area (TPSA) is 26.3 Å². The monoisotopic (exact) mass is 220 g/mol. The molecule has 0 spiro atoms. The Morgan fingerprint density at radius 1 is 1.25 bits per heavy atom. The quantitative estimate of drug-likeness (QED) is 0.501. The van der Waals surface area contributed by atoms with Gasteiger partial charge in [0.25, 0.3) is 0 Å². The summed E-state index contributed by atoms with van der Waals surface area (Å²) in [5, 5.41) is 0. The Morgan fingerprint density at radius 2 is 2.06 bits per heavy atom. The van der Waals surface area contributed by atoms with Gasteiger partial charge in [-0.15, -0.1) is 0 Å². The Morgan fingerprint density at radius 3 is 2.88 bits per heavy atom. The number of ether oxygens (including phenoxy) is 1. The normalized spacial score (nSPS) is 39.5. The summed E-state index contributed by atoms with van der Waals surface area (Å²) in [5.41, 5.74) is 0.173. The van der Waals surface area contributed by atoms with E-state index in [2.05, 4.69) is 12.2 Å². The maximum atomic E-state index is 11.6. The molecule has 0 aromatic heterocycles. The Kier molecular flexibility index (Phi) is 2.53. The number of esters is 1. The molecule has 1 saturated heterocycles. The second-order valence-electron chi connectivity index (χ2n) is 5.62. The van der Waals surface area contributed by atoms with Crippen LogP contribution in [0.5, 0.6) is 0 Å². The molecule has 2 aliphatic carbocycles. The molecule has 3 rings (SSSR count). The number of allylic oxidation sites excluding steroid dienone is 1. The standard InChI is InChI=1S/C14H20O2/c15-13-10-14(11-6-2-1-3-7-11)9-5-4-8-12(14)16-13/h4,8,11-12H,1-3,5-7,9-10H2/t12-,14-/m0/s1. The van der Waals surface area contributed by atoms with Gasteiger partial charge in [-0.2, -0.15) is 0 Å². The third-order valence-electron chi connectivity index (χ3n) is 4.80. The Balaban J connectivity index is 1.87. The average Bonchev–Trinajstić information content (AvgIpc) is 2.67. The van der Waals surface area contributed by atoms with Gasteiger partial charge in [0.2, 0.25) is 0 Å². The van der Waals surface area contributed by atoms with Gasteiger partial charge >= 0.3 is 5.97 Å². The van der Waals surface area contributed by atoms with Gasteiger partial charge < -0.3 is 4.74 Å². The fourth-order valence-corrected chi connectivity index (χ4v) is 3.96. The molecule has 0 N–H and O–H groups in total. The van der Waals surface area contributed by atoms with Gasteiger partial charge in [0, 0.05) is 5.41 Å². The summed E-state index contributed by atoms with van der Waals surface area (Å²) < 4.78 is 5.50. The highest BCUT2D eigenvalue weighted by molar-refractivity contribution is 5.73. The fourth-order valence-electron chi connectivity index (χ4n) is 3.96. The summed E-state index contributed by atoms with van der Waals surface area (Å²) >= 11 is 0. The van der Waals surface area contributed by atoms with E-state index in [1.807, 2.05) is 0 Å². The Labute approximate surface area is 97.1 Å². The number of fused-ring (bicyclic) bond motifs is 1. The smallest absolute Gasteiger partial charge is 0.307 e. The van der Waals surface area contributed by atoms with Crippen molar-refractivity contribution < 1.29 is 9.53 Å². The van der Waals surface area contributed by atoms with Crippen molar-refractivity contribution in [2.75, 3.05) is 0 Å². The van der Waals surface area contributed by atoms with Crippen molar-refractivity contribution >= 4 is 5.97 Å². The molecule has 2 fully saturated rings. The van der Waals surface area contributed by atoms with E-state index in [1.54, 1.807) is 0 Å². The van der Waals surface area contributed by atoms with Crippen molar-refractivity contribution in [3.63, 3.8) is 0 Å². The predicted octanol–water partition coefficient (Wildman–Crippen LogP) is 3.22. The molecule has 1 saturated carbocycles. The van der Waals surface area contributed by atoms with Crippen molar-refractivity contribution in [3.8, 4) is 0 Å². The van der Waals surface area contributed by atoms with Crippen LogP contribution in [0.1, 0.15) is 51.4 Å². The molecule has 1 heterocycles. The third kappa shape index (κ3) is 1.50. The first-order chi connectivity index (χ1) is 7.81. The Bertz CT molecular complexity index is 315. The highest BCUT2D eigenvalue weighted by Crippen LogP contribution is 2.53. The number of rotatable bonds is 1. The predicted molar refractivity (Wildman–Crippen MR) is 61.9 cm³/mol. The molecule has 3 aliphatic rings. The number of hydrogen-bond acceptors (Lipinski definition) is 2. The molecule has 1 aliphatic heterocycles. The van der Waals surface area contributed by atoms with Crippen LogP contribution in [0.25, 0.3) is 0 Å². The highest BCUT2D eigenvalue weighted by Gasteiger charge is 2.52. The second-order valence-corrected chi connectivity index (χ2v) is 5.62. The molecular weight excluding hydrogens is 200 g/mol. The van der Waals surface area contributed by atoms with Crippen LogP contribution in [0.4, 0.5) is 0 Å². The lowest BCUT2D eigenvalue weighted by Crippen LogP contribution is -2.40. The van der Waals surface area contributed by atoms with E-state index < -0.39 is 0 Å². The second kappa shape index (κ2) is 3.90. The van der Waals surface area contributed by atoms with Crippen molar-refractivity contribution in [2.24, 2.45) is 11.3 Å². The molecule has 88 valence electrons. The largest absolute Gasteiger partial charge is 0.457 e. The van der Waals surface area contributed by atoms with Crippen LogP contribution in [-0.4, -0.2) is 12.1 Å². The lowest BCUT2D eigenvalue weighted by Gasteiger charge is -2.42. The van der Waals surface area contributed by atoms with Crippen molar-refractivity contribution in [1.82, 2.24) is 0 Å². The van der Waals surface area contributed by atoms with E-state index in [4.69, 9.17) is 4.74 Å². The summed E-state index contributed by atoms with van der Waals surface area (Å²) in [5.74, 6) is 0.754. The van der Waals surface area contributed by atoms with Crippen molar-refractivity contribution in [1.29, 1.82) is 0 Å². The minimum Gasteiger partial charge on any atom is -0.457 e. The molecule has 0 amide bonds. The van der Waals surface area contributed by atoms with Crippen LogP contribution < -0.4 is 0 Å². The average molecular weight is 220 g/mol. The minimum absolute atomic E-state index is 0.0297. The summed E-state index contributed by atoms with van der Waals surface area (Å²) in [6.07, 6.45) is 14.1. The van der Waals surface area contributed by atoms with Gasteiger partial charge in [-0.3, -0.25) is 4.79 Å². The maximum absolute atomic E-state index is 11.6. The van der Waals surface area contributed by atoms with E-state index in [1.165, 1.54) is 32.1 Å². The first kappa shape index (κ1) is 10.4. The number of carbonyl (C=O) groups is 1. The fraction of sp³-hybridized carbons (Fsp3) is 0.786. The SMILES string of the molecule is O=C1C[C@]2(C3CCCCC3)CCC=C[C@@H]2O1. The minimum atomic E-state index is 0.0297. The van der Waals surface area contributed by atoms with Gasteiger partial charge in [-0.05, 0) is 37.7 Å². The van der Waals surface area contributed by atoms with Gasteiger partial charge in [-0.1, -0.05) is 25.3 Å². The zero-order valence-corrected chi connectivity index (χ0v) is 9.78. The Hall–Kier alpha value is -0.790. The molecule has 16 heavy (non-hydrogen) atoms. The van der Waals surface area contributed by atoms with Crippen molar-refractivity contribution in [3.05, 3.63) is 12.2 Å². The lowest BCUT2D eigenvalue weighted by atomic mass is 9.61. The first-order valence-electron chi connectivity index (χ1n) is 6.67. The van der Waals surface area contributed by atoms with Crippen LogP contribution in [0.15, 0.2) is 12.2 Å². The van der Waals surface area contributed by atoms with Gasteiger partial charge in [-0.25, -0.2) is 0 Å². The molecule has 0 bridgehead atoms. The van der Waals surface area contributed by atoms with Crippen LogP contribution in [0, 0.1) is 11.3 Å². The van der Waals surface area contributed by atoms with Crippen LogP contribution in [0.3, 0.4) is 0 Å². The van der Waals surface area contributed by atoms with Crippen LogP contribution >= 0.6 is 0 Å². The zero-order valence-electron chi connectivity index (χ0n) is 9.78. The third-order valence-corrected chi connectivity index (χ3v) is 4.80. The summed E-state index contributed by atoms with van der Waals surface area (Å²) in [6, 6.07) is 0. The molecule has 2 heteroatoms. The molecule has 0 unspecified atom stereocenters. The van der Waals surface area contributed by atoms with E-state index >= 15 is 0 Å². The number of carbonyl (C=O) groups excluding carboxylic acids is 1. The molecule has 0 aromatic carbocycles. The van der Waals surface area contributed by atoms with Gasteiger partial charge in [0.05, 0.1) is 6.42 Å². The lowest BCUT2D eigenvalue weighted by molar-refractivity contribution is -0.140. The van der Waals surface area contributed by atoms with E-state index in [9.17, 15) is 4.79 Å². The van der Waals surface area contributed by atoms with Crippen LogP contribution in [-0.2, 0) is 9.53 Å². The van der Waals surface area contributed by atoms with Crippen LogP contribution in [0.2, 0.25) is 0 Å². The molecule has 0 aromatic rings. The van der Waals surface area contributed by atoms with E-state index in [0.29, 0.717) is 6.42 Å². The summed E-state index contributed by atoms with van der Waals surface area (Å²) in [7, 11) is 0. The molecular formula is C14H20O2. The maximum Gasteiger partial charge on any atom is 0.307 e. The molecule has 2 nitrogen and oxygen atoms in total.